The Labute approximate surface area is 143 Å². The van der Waals surface area contributed by atoms with Crippen molar-refractivity contribution in [2.75, 3.05) is 19.6 Å². The minimum Gasteiger partial charge on any atom is -0.336 e. The maximum Gasteiger partial charge on any atom is 0.223 e. The molecule has 2 aliphatic heterocycles. The van der Waals surface area contributed by atoms with Crippen LogP contribution >= 0.6 is 24.0 Å². The summed E-state index contributed by atoms with van der Waals surface area (Å²) in [5.74, 6) is 0.878. The third kappa shape index (κ3) is 4.15. The highest BCUT2D eigenvalue weighted by Gasteiger charge is 2.31. The van der Waals surface area contributed by atoms with Crippen LogP contribution in [0, 0.1) is 5.92 Å². The largest absolute Gasteiger partial charge is 0.336 e. The molecule has 1 unspecified atom stereocenters. The van der Waals surface area contributed by atoms with Crippen molar-refractivity contribution < 1.29 is 4.79 Å². The number of carbonyl (C=O) groups is 1. The summed E-state index contributed by atoms with van der Waals surface area (Å²) in [7, 11) is 0. The summed E-state index contributed by atoms with van der Waals surface area (Å²) in [4.78, 5) is 14.7. The smallest absolute Gasteiger partial charge is 0.223 e. The fourth-order valence-electron chi connectivity index (χ4n) is 3.58. The second-order valence-electron chi connectivity index (χ2n) is 6.20. The Balaban J connectivity index is 0.00000176. The molecule has 1 atom stereocenters. The Morgan fingerprint density at radius 2 is 2.05 bits per heavy atom. The molecule has 1 amide bonds. The molecule has 1 aromatic rings. The minimum absolute atomic E-state index is 0. The van der Waals surface area contributed by atoms with Crippen LogP contribution < -0.4 is 5.32 Å². The average Bonchev–Trinajstić information content (AvgIpc) is 2.98. The lowest BCUT2D eigenvalue weighted by Gasteiger charge is -2.28. The predicted molar refractivity (Wildman–Crippen MR) is 92.6 cm³/mol. The standard InChI is InChI=1S/C17H23ClN2O.ClH/c18-15-4-1-3-14(12-15)16-5-2-10-20(16)17(21)11-13-6-8-19-9-7-13;/h1,3-4,12-13,16,19H,2,5-11H2;1H. The van der Waals surface area contributed by atoms with Gasteiger partial charge in [-0.2, -0.15) is 0 Å². The van der Waals surface area contributed by atoms with E-state index in [2.05, 4.69) is 16.3 Å². The van der Waals surface area contributed by atoms with Crippen LogP contribution in [0.1, 0.15) is 43.7 Å². The molecular weight excluding hydrogens is 319 g/mol. The summed E-state index contributed by atoms with van der Waals surface area (Å²) in [5.41, 5.74) is 1.18. The van der Waals surface area contributed by atoms with Gasteiger partial charge >= 0.3 is 0 Å². The number of halogens is 2. The molecule has 3 nitrogen and oxygen atoms in total. The Hall–Kier alpha value is -0.770. The first kappa shape index (κ1) is 17.6. The summed E-state index contributed by atoms with van der Waals surface area (Å²) in [6.07, 6.45) is 5.11. The van der Waals surface area contributed by atoms with E-state index in [0.717, 1.165) is 50.3 Å². The summed E-state index contributed by atoms with van der Waals surface area (Å²) in [6, 6.07) is 8.18. The number of amides is 1. The van der Waals surface area contributed by atoms with E-state index in [-0.39, 0.29) is 18.4 Å². The molecule has 1 N–H and O–H groups in total. The maximum atomic E-state index is 12.7. The number of nitrogens with one attached hydrogen (secondary N) is 1. The first-order valence-corrected chi connectivity index (χ1v) is 8.37. The van der Waals surface area contributed by atoms with Crippen molar-refractivity contribution in [2.45, 2.75) is 38.1 Å². The number of hydrogen-bond donors (Lipinski definition) is 1. The molecule has 0 bridgehead atoms. The van der Waals surface area contributed by atoms with Crippen LogP contribution in [0.5, 0.6) is 0 Å². The molecule has 0 aliphatic carbocycles. The van der Waals surface area contributed by atoms with Crippen LogP contribution in [0.15, 0.2) is 24.3 Å². The monoisotopic (exact) mass is 342 g/mol. The van der Waals surface area contributed by atoms with E-state index in [9.17, 15) is 4.79 Å². The van der Waals surface area contributed by atoms with E-state index in [1.165, 1.54) is 5.56 Å². The molecule has 0 radical (unpaired) electrons. The second kappa shape index (κ2) is 8.19. The zero-order valence-electron chi connectivity index (χ0n) is 12.8. The van der Waals surface area contributed by atoms with Crippen molar-refractivity contribution in [3.05, 3.63) is 34.9 Å². The lowest BCUT2D eigenvalue weighted by Crippen LogP contribution is -2.35. The SMILES string of the molecule is Cl.O=C(CC1CCNCC1)N1CCCC1c1cccc(Cl)c1. The van der Waals surface area contributed by atoms with Gasteiger partial charge in [0.2, 0.25) is 5.91 Å². The van der Waals surface area contributed by atoms with Gasteiger partial charge in [0.05, 0.1) is 6.04 Å². The van der Waals surface area contributed by atoms with Crippen molar-refractivity contribution in [2.24, 2.45) is 5.92 Å². The second-order valence-corrected chi connectivity index (χ2v) is 6.63. The number of piperidine rings is 1. The van der Waals surface area contributed by atoms with Gasteiger partial charge in [-0.1, -0.05) is 23.7 Å². The average molecular weight is 343 g/mol. The van der Waals surface area contributed by atoms with Crippen molar-refractivity contribution in [1.82, 2.24) is 10.2 Å². The van der Waals surface area contributed by atoms with Crippen LogP contribution in [-0.4, -0.2) is 30.4 Å². The summed E-state index contributed by atoms with van der Waals surface area (Å²) in [6.45, 7) is 2.99. The fourth-order valence-corrected chi connectivity index (χ4v) is 3.77. The normalized spacial score (nSPS) is 22.4. The van der Waals surface area contributed by atoms with E-state index in [4.69, 9.17) is 11.6 Å². The highest BCUT2D eigenvalue weighted by Crippen LogP contribution is 2.34. The lowest BCUT2D eigenvalue weighted by molar-refractivity contribution is -0.133. The van der Waals surface area contributed by atoms with E-state index >= 15 is 0 Å². The van der Waals surface area contributed by atoms with Crippen LogP contribution in [-0.2, 0) is 4.79 Å². The third-order valence-corrected chi connectivity index (χ3v) is 4.96. The number of nitrogens with zero attached hydrogens (tertiary/aromatic N) is 1. The molecule has 3 rings (SSSR count). The van der Waals surface area contributed by atoms with Gasteiger partial charge < -0.3 is 10.2 Å². The topological polar surface area (TPSA) is 32.3 Å². The highest BCUT2D eigenvalue weighted by molar-refractivity contribution is 6.30. The Bertz CT molecular complexity index is 503. The highest BCUT2D eigenvalue weighted by atomic mass is 35.5. The molecule has 2 heterocycles. The quantitative estimate of drug-likeness (QED) is 0.905. The van der Waals surface area contributed by atoms with Gasteiger partial charge in [-0.05, 0) is 62.4 Å². The molecule has 122 valence electrons. The summed E-state index contributed by atoms with van der Waals surface area (Å²) >= 11 is 6.10. The molecule has 1 aromatic carbocycles. The molecule has 2 aliphatic rings. The Morgan fingerprint density at radius 3 is 2.77 bits per heavy atom. The van der Waals surface area contributed by atoms with Crippen LogP contribution in [0.3, 0.4) is 0 Å². The van der Waals surface area contributed by atoms with Crippen LogP contribution in [0.2, 0.25) is 5.02 Å². The van der Waals surface area contributed by atoms with Gasteiger partial charge in [-0.25, -0.2) is 0 Å². The van der Waals surface area contributed by atoms with Gasteiger partial charge in [-0.15, -0.1) is 12.4 Å². The van der Waals surface area contributed by atoms with Crippen molar-refractivity contribution in [3.8, 4) is 0 Å². The maximum absolute atomic E-state index is 12.7. The van der Waals surface area contributed by atoms with Crippen molar-refractivity contribution in [3.63, 3.8) is 0 Å². The third-order valence-electron chi connectivity index (χ3n) is 4.73. The van der Waals surface area contributed by atoms with Gasteiger partial charge in [0.25, 0.3) is 0 Å². The lowest BCUT2D eigenvalue weighted by atomic mass is 9.93. The number of carbonyl (C=O) groups excluding carboxylic acids is 1. The number of rotatable bonds is 3. The predicted octanol–water partition coefficient (Wildman–Crippen LogP) is 3.82. The summed E-state index contributed by atoms with van der Waals surface area (Å²) < 4.78 is 0. The first-order chi connectivity index (χ1) is 10.2. The van der Waals surface area contributed by atoms with Gasteiger partial charge in [-0.3, -0.25) is 4.79 Å². The molecule has 22 heavy (non-hydrogen) atoms. The van der Waals surface area contributed by atoms with Gasteiger partial charge in [0, 0.05) is 18.0 Å². The van der Waals surface area contributed by atoms with Crippen LogP contribution in [0.4, 0.5) is 0 Å². The number of hydrogen-bond acceptors (Lipinski definition) is 2. The molecule has 2 saturated heterocycles. The zero-order chi connectivity index (χ0) is 14.7. The minimum atomic E-state index is 0. The van der Waals surface area contributed by atoms with E-state index in [1.54, 1.807) is 0 Å². The zero-order valence-corrected chi connectivity index (χ0v) is 14.3. The van der Waals surface area contributed by atoms with E-state index in [0.29, 0.717) is 18.2 Å². The van der Waals surface area contributed by atoms with Crippen molar-refractivity contribution in [1.29, 1.82) is 0 Å². The Morgan fingerprint density at radius 1 is 1.27 bits per heavy atom. The number of likely N-dealkylation sites (tertiary alicyclic amines) is 1. The molecule has 2 fully saturated rings. The van der Waals surface area contributed by atoms with Crippen LogP contribution in [0.25, 0.3) is 0 Å². The molecule has 0 saturated carbocycles. The summed E-state index contributed by atoms with van der Waals surface area (Å²) in [5, 5.41) is 4.11. The molecular formula is C17H24Cl2N2O. The first-order valence-electron chi connectivity index (χ1n) is 7.99. The van der Waals surface area contributed by atoms with Gasteiger partial charge in [0.15, 0.2) is 0 Å². The fraction of sp³-hybridized carbons (Fsp3) is 0.588. The molecule has 0 aromatic heterocycles. The molecule has 5 heteroatoms. The van der Waals surface area contributed by atoms with Gasteiger partial charge in [0.1, 0.15) is 0 Å². The molecule has 0 spiro atoms. The van der Waals surface area contributed by atoms with Crippen molar-refractivity contribution >= 4 is 29.9 Å². The van der Waals surface area contributed by atoms with E-state index < -0.39 is 0 Å². The van der Waals surface area contributed by atoms with E-state index in [1.807, 2.05) is 18.2 Å². The Kier molecular flexibility index (Phi) is 6.54. The number of benzene rings is 1.